The molecule has 4 aliphatic carbocycles. The third-order valence-electron chi connectivity index (χ3n) is 7.13. The van der Waals surface area contributed by atoms with Crippen LogP contribution in [-0.2, 0) is 14.4 Å². The van der Waals surface area contributed by atoms with Gasteiger partial charge in [0.1, 0.15) is 17.5 Å². The predicted octanol–water partition coefficient (Wildman–Crippen LogP) is 2.08. The Labute approximate surface area is 169 Å². The smallest absolute Gasteiger partial charge is 0.247 e. The van der Waals surface area contributed by atoms with Gasteiger partial charge in [-0.05, 0) is 49.1 Å². The van der Waals surface area contributed by atoms with Gasteiger partial charge in [-0.3, -0.25) is 19.3 Å². The summed E-state index contributed by atoms with van der Waals surface area (Å²) in [5.74, 6) is 0.955. The summed E-state index contributed by atoms with van der Waals surface area (Å²) in [5, 5.41) is 2.79. The summed E-state index contributed by atoms with van der Waals surface area (Å²) in [5.41, 5.74) is 0.434. The summed E-state index contributed by atoms with van der Waals surface area (Å²) < 4.78 is 10.5. The minimum Gasteiger partial charge on any atom is -0.497 e. The van der Waals surface area contributed by atoms with E-state index in [0.717, 1.165) is 6.42 Å². The molecular weight excluding hydrogens is 372 g/mol. The van der Waals surface area contributed by atoms with Crippen LogP contribution in [0.2, 0.25) is 0 Å². The average molecular weight is 396 g/mol. The number of hydrogen-bond acceptors (Lipinski definition) is 5. The van der Waals surface area contributed by atoms with Crippen LogP contribution in [0.5, 0.6) is 11.5 Å². The standard InChI is InChI=1S/C22H24N2O5/c1-10(20(25)23-16-8-11(28-2)4-7-17(16)29-3)24-21(26)18-12-5-6-13(15-9-14(12)15)19(18)22(24)27/h4-8,10,12-15,18-19H,9H2,1-3H3,(H,23,25)/t10-,12+,13+,14+,15+,18-,19-/m0/s1. The van der Waals surface area contributed by atoms with Crippen LogP contribution < -0.4 is 14.8 Å². The Kier molecular flexibility index (Phi) is 3.98. The molecule has 2 saturated carbocycles. The zero-order valence-corrected chi connectivity index (χ0v) is 16.6. The lowest BCUT2D eigenvalue weighted by atomic mass is 9.63. The van der Waals surface area contributed by atoms with E-state index < -0.39 is 11.9 Å². The number of carbonyl (C=O) groups is 3. The third-order valence-corrected chi connectivity index (χ3v) is 7.13. The highest BCUT2D eigenvalue weighted by Gasteiger charge is 2.67. The molecule has 1 aliphatic heterocycles. The zero-order chi connectivity index (χ0) is 20.4. The maximum Gasteiger partial charge on any atom is 0.247 e. The van der Waals surface area contributed by atoms with Crippen LogP contribution in [0.3, 0.4) is 0 Å². The first-order chi connectivity index (χ1) is 14.0. The number of likely N-dealkylation sites (tertiary alicyclic amines) is 1. The van der Waals surface area contributed by atoms with Gasteiger partial charge in [0.05, 0.1) is 31.7 Å². The van der Waals surface area contributed by atoms with Crippen LogP contribution in [-0.4, -0.2) is 42.9 Å². The number of ether oxygens (including phenoxy) is 2. The van der Waals surface area contributed by atoms with Crippen molar-refractivity contribution < 1.29 is 23.9 Å². The summed E-state index contributed by atoms with van der Waals surface area (Å²) in [4.78, 5) is 40.5. The molecular formula is C22H24N2O5. The Balaban J connectivity index is 1.38. The van der Waals surface area contributed by atoms with E-state index in [1.807, 2.05) is 0 Å². The minimum atomic E-state index is -0.896. The van der Waals surface area contributed by atoms with Crippen LogP contribution in [0.15, 0.2) is 30.4 Å². The second kappa shape index (κ2) is 6.34. The van der Waals surface area contributed by atoms with Gasteiger partial charge >= 0.3 is 0 Å². The van der Waals surface area contributed by atoms with Gasteiger partial charge in [0.25, 0.3) is 0 Å². The summed E-state index contributed by atoms with van der Waals surface area (Å²) in [6.45, 7) is 1.60. The van der Waals surface area contributed by atoms with Crippen molar-refractivity contribution in [3.8, 4) is 11.5 Å². The normalized spacial score (nSPS) is 34.5. The molecule has 7 atom stereocenters. The molecule has 1 aromatic carbocycles. The number of imide groups is 1. The average Bonchev–Trinajstić information content (AvgIpc) is 3.51. The van der Waals surface area contributed by atoms with E-state index in [0.29, 0.717) is 29.0 Å². The van der Waals surface area contributed by atoms with Gasteiger partial charge in [-0.15, -0.1) is 0 Å². The van der Waals surface area contributed by atoms with E-state index in [4.69, 9.17) is 9.47 Å². The Morgan fingerprint density at radius 3 is 2.24 bits per heavy atom. The number of nitrogens with one attached hydrogen (secondary N) is 1. The highest BCUT2D eigenvalue weighted by atomic mass is 16.5. The van der Waals surface area contributed by atoms with Crippen LogP contribution in [0, 0.1) is 35.5 Å². The highest BCUT2D eigenvalue weighted by molar-refractivity contribution is 6.10. The molecule has 3 fully saturated rings. The summed E-state index contributed by atoms with van der Waals surface area (Å²) in [6.07, 6.45) is 5.36. The molecule has 0 aromatic heterocycles. The number of anilines is 1. The minimum absolute atomic E-state index is 0.144. The van der Waals surface area contributed by atoms with E-state index in [1.165, 1.54) is 19.1 Å². The largest absolute Gasteiger partial charge is 0.497 e. The fourth-order valence-electron chi connectivity index (χ4n) is 5.63. The number of benzene rings is 1. The SMILES string of the molecule is COc1ccc(OC)c(NC(=O)[C@H](C)N2C(=O)[C@H]3[C@@H]4C=C[C@H]([C@H]5C[C@H]45)[C@@H]3C2=O)c1. The molecule has 7 nitrogen and oxygen atoms in total. The number of rotatable bonds is 5. The molecule has 0 radical (unpaired) electrons. The molecule has 152 valence electrons. The molecule has 1 N–H and O–H groups in total. The zero-order valence-electron chi connectivity index (χ0n) is 16.6. The topological polar surface area (TPSA) is 84.9 Å². The highest BCUT2D eigenvalue weighted by Crippen LogP contribution is 2.65. The van der Waals surface area contributed by atoms with Crippen LogP contribution in [0.4, 0.5) is 5.69 Å². The predicted molar refractivity (Wildman–Crippen MR) is 104 cm³/mol. The molecule has 1 aromatic rings. The summed E-state index contributed by atoms with van der Waals surface area (Å²) in [6, 6.07) is 4.17. The van der Waals surface area contributed by atoms with Gasteiger partial charge in [0, 0.05) is 6.07 Å². The first kappa shape index (κ1) is 18.2. The van der Waals surface area contributed by atoms with Gasteiger partial charge in [0.15, 0.2) is 0 Å². The lowest BCUT2D eigenvalue weighted by molar-refractivity contribution is -0.146. The van der Waals surface area contributed by atoms with E-state index in [9.17, 15) is 14.4 Å². The molecule has 3 amide bonds. The van der Waals surface area contributed by atoms with E-state index in [-0.39, 0.29) is 35.5 Å². The molecule has 0 unspecified atom stereocenters. The lowest BCUT2D eigenvalue weighted by Crippen LogP contribution is -2.46. The Hall–Kier alpha value is -2.83. The number of nitrogens with zero attached hydrogens (tertiary/aromatic N) is 1. The first-order valence-electron chi connectivity index (χ1n) is 10.0. The number of amides is 3. The Morgan fingerprint density at radius 1 is 1.07 bits per heavy atom. The molecule has 1 heterocycles. The number of hydrogen-bond donors (Lipinski definition) is 1. The van der Waals surface area contributed by atoms with Crippen molar-refractivity contribution in [2.45, 2.75) is 19.4 Å². The number of carbonyl (C=O) groups excluding carboxylic acids is 3. The van der Waals surface area contributed by atoms with Crippen molar-refractivity contribution in [1.82, 2.24) is 4.90 Å². The van der Waals surface area contributed by atoms with Crippen molar-refractivity contribution in [2.24, 2.45) is 35.5 Å². The molecule has 6 rings (SSSR count). The number of allylic oxidation sites excluding steroid dienone is 2. The monoisotopic (exact) mass is 396 g/mol. The van der Waals surface area contributed by atoms with Crippen molar-refractivity contribution in [3.63, 3.8) is 0 Å². The van der Waals surface area contributed by atoms with Crippen molar-refractivity contribution >= 4 is 23.4 Å². The van der Waals surface area contributed by atoms with Gasteiger partial charge in [-0.25, -0.2) is 0 Å². The van der Waals surface area contributed by atoms with Crippen LogP contribution in [0.25, 0.3) is 0 Å². The van der Waals surface area contributed by atoms with Crippen LogP contribution >= 0.6 is 0 Å². The van der Waals surface area contributed by atoms with Crippen molar-refractivity contribution in [3.05, 3.63) is 30.4 Å². The second-order valence-electron chi connectivity index (χ2n) is 8.43. The molecule has 5 aliphatic rings. The van der Waals surface area contributed by atoms with Gasteiger partial charge in [0.2, 0.25) is 17.7 Å². The summed E-state index contributed by atoms with van der Waals surface area (Å²) in [7, 11) is 3.04. The molecule has 2 bridgehead atoms. The second-order valence-corrected chi connectivity index (χ2v) is 8.43. The van der Waals surface area contributed by atoms with Gasteiger partial charge in [-0.2, -0.15) is 0 Å². The van der Waals surface area contributed by atoms with E-state index >= 15 is 0 Å². The summed E-state index contributed by atoms with van der Waals surface area (Å²) >= 11 is 0. The first-order valence-corrected chi connectivity index (χ1v) is 10.0. The maximum atomic E-state index is 13.2. The fourth-order valence-corrected chi connectivity index (χ4v) is 5.63. The van der Waals surface area contributed by atoms with Crippen LogP contribution in [0.1, 0.15) is 13.3 Å². The molecule has 29 heavy (non-hydrogen) atoms. The molecule has 7 heteroatoms. The van der Waals surface area contributed by atoms with Gasteiger partial charge in [-0.1, -0.05) is 12.2 Å². The Morgan fingerprint density at radius 2 is 1.69 bits per heavy atom. The van der Waals surface area contributed by atoms with Gasteiger partial charge < -0.3 is 14.8 Å². The quantitative estimate of drug-likeness (QED) is 0.609. The van der Waals surface area contributed by atoms with E-state index in [2.05, 4.69) is 17.5 Å². The molecule has 1 saturated heterocycles. The third kappa shape index (κ3) is 2.52. The maximum absolute atomic E-state index is 13.2. The lowest BCUT2D eigenvalue weighted by Gasteiger charge is -2.37. The number of methoxy groups -OCH3 is 2. The van der Waals surface area contributed by atoms with Crippen molar-refractivity contribution in [2.75, 3.05) is 19.5 Å². The van der Waals surface area contributed by atoms with E-state index in [1.54, 1.807) is 25.1 Å². The fraction of sp³-hybridized carbons (Fsp3) is 0.500. The Bertz CT molecular complexity index is 905. The molecule has 0 spiro atoms. The van der Waals surface area contributed by atoms with Crippen molar-refractivity contribution in [1.29, 1.82) is 0 Å².